The molecule has 1 heterocycles. The fourth-order valence-electron chi connectivity index (χ4n) is 4.20. The van der Waals surface area contributed by atoms with Crippen molar-refractivity contribution in [3.05, 3.63) is 45.8 Å². The third kappa shape index (κ3) is 5.41. The first kappa shape index (κ1) is 21.4. The molecular weight excluding hydrogens is 375 g/mol. The number of hydrogen-bond donors (Lipinski definition) is 0. The molecule has 0 atom stereocenters. The molecule has 29 heavy (non-hydrogen) atoms. The van der Waals surface area contributed by atoms with Crippen molar-refractivity contribution in [2.24, 2.45) is 5.92 Å². The van der Waals surface area contributed by atoms with Gasteiger partial charge in [-0.2, -0.15) is 0 Å². The summed E-state index contributed by atoms with van der Waals surface area (Å²) in [6, 6.07) is 4.26. The summed E-state index contributed by atoms with van der Waals surface area (Å²) < 4.78 is 19.8. The van der Waals surface area contributed by atoms with E-state index in [4.69, 9.17) is 4.74 Å². The maximum Gasteiger partial charge on any atom is 0.309 e. The Morgan fingerprint density at radius 2 is 1.93 bits per heavy atom. The minimum Gasteiger partial charge on any atom is -0.460 e. The number of nitro benzene ring substituents is 1. The van der Waals surface area contributed by atoms with Crippen LogP contribution in [0.25, 0.3) is 5.57 Å². The number of non-ortho nitro benzene ring substituents is 1. The molecule has 0 bridgehead atoms. The maximum absolute atomic E-state index is 14.3. The smallest absolute Gasteiger partial charge is 0.309 e. The van der Waals surface area contributed by atoms with Crippen LogP contribution in [0, 0.1) is 21.8 Å². The first-order chi connectivity index (χ1) is 13.6. The summed E-state index contributed by atoms with van der Waals surface area (Å²) in [5.74, 6) is -0.655. The van der Waals surface area contributed by atoms with Crippen molar-refractivity contribution >= 4 is 17.2 Å². The molecule has 0 spiro atoms. The fraction of sp³-hybridized carbons (Fsp3) is 0.591. The summed E-state index contributed by atoms with van der Waals surface area (Å²) in [7, 11) is 0. The summed E-state index contributed by atoms with van der Waals surface area (Å²) in [6.45, 7) is 7.23. The minimum absolute atomic E-state index is 0.0180. The number of halogens is 1. The van der Waals surface area contributed by atoms with E-state index in [1.165, 1.54) is 12.1 Å². The lowest BCUT2D eigenvalue weighted by Gasteiger charge is -2.38. The Bertz CT molecular complexity index is 808. The van der Waals surface area contributed by atoms with E-state index in [1.54, 1.807) is 0 Å². The highest BCUT2D eigenvalue weighted by Crippen LogP contribution is 2.33. The van der Waals surface area contributed by atoms with Gasteiger partial charge in [0.05, 0.1) is 16.9 Å². The van der Waals surface area contributed by atoms with Crippen molar-refractivity contribution in [3.8, 4) is 0 Å². The molecule has 0 amide bonds. The molecule has 0 aromatic heterocycles. The van der Waals surface area contributed by atoms with E-state index in [0.29, 0.717) is 18.0 Å². The normalized spacial score (nSPS) is 23.4. The van der Waals surface area contributed by atoms with E-state index in [1.807, 2.05) is 26.8 Å². The zero-order chi connectivity index (χ0) is 21.2. The van der Waals surface area contributed by atoms with Gasteiger partial charge in [0.1, 0.15) is 11.4 Å². The molecular formula is C22H29FN2O4. The second kappa shape index (κ2) is 8.61. The van der Waals surface area contributed by atoms with Crippen molar-refractivity contribution in [2.75, 3.05) is 13.1 Å². The third-order valence-corrected chi connectivity index (χ3v) is 5.70. The van der Waals surface area contributed by atoms with Gasteiger partial charge >= 0.3 is 5.97 Å². The molecule has 0 unspecified atom stereocenters. The monoisotopic (exact) mass is 404 g/mol. The van der Waals surface area contributed by atoms with Crippen LogP contribution in [-0.4, -0.2) is 40.5 Å². The van der Waals surface area contributed by atoms with Gasteiger partial charge in [0.25, 0.3) is 5.69 Å². The zero-order valence-corrected chi connectivity index (χ0v) is 17.3. The third-order valence-electron chi connectivity index (χ3n) is 5.70. The van der Waals surface area contributed by atoms with Crippen LogP contribution >= 0.6 is 0 Å². The second-order valence-corrected chi connectivity index (χ2v) is 8.93. The molecule has 7 heteroatoms. The van der Waals surface area contributed by atoms with E-state index >= 15 is 0 Å². The van der Waals surface area contributed by atoms with Crippen LogP contribution in [0.15, 0.2) is 24.3 Å². The zero-order valence-electron chi connectivity index (χ0n) is 17.3. The van der Waals surface area contributed by atoms with E-state index in [9.17, 15) is 19.3 Å². The highest BCUT2D eigenvalue weighted by Gasteiger charge is 2.32. The average molecular weight is 404 g/mol. The topological polar surface area (TPSA) is 72.7 Å². The Kier molecular flexibility index (Phi) is 6.36. The van der Waals surface area contributed by atoms with E-state index in [0.717, 1.165) is 50.4 Å². The molecule has 1 aliphatic heterocycles. The molecule has 6 nitrogen and oxygen atoms in total. The molecule has 1 saturated carbocycles. The number of hydrogen-bond acceptors (Lipinski definition) is 5. The van der Waals surface area contributed by atoms with Crippen molar-refractivity contribution in [1.29, 1.82) is 0 Å². The van der Waals surface area contributed by atoms with Gasteiger partial charge in [-0.15, -0.1) is 0 Å². The van der Waals surface area contributed by atoms with Crippen LogP contribution in [0.2, 0.25) is 0 Å². The number of benzene rings is 1. The van der Waals surface area contributed by atoms with Gasteiger partial charge in [-0.3, -0.25) is 19.8 Å². The van der Waals surface area contributed by atoms with Gasteiger partial charge in [-0.25, -0.2) is 4.39 Å². The Labute approximate surface area is 170 Å². The summed E-state index contributed by atoms with van der Waals surface area (Å²) >= 11 is 0. The lowest BCUT2D eigenvalue weighted by atomic mass is 9.84. The molecule has 2 aliphatic rings. The first-order valence-electron chi connectivity index (χ1n) is 10.2. The van der Waals surface area contributed by atoms with Crippen molar-refractivity contribution < 1.29 is 18.8 Å². The summed E-state index contributed by atoms with van der Waals surface area (Å²) in [5.41, 5.74) is 0.667. The van der Waals surface area contributed by atoms with E-state index in [-0.39, 0.29) is 17.6 Å². The van der Waals surface area contributed by atoms with Gasteiger partial charge in [0, 0.05) is 30.8 Å². The van der Waals surface area contributed by atoms with Gasteiger partial charge in [-0.05, 0) is 64.5 Å². The Morgan fingerprint density at radius 1 is 1.24 bits per heavy atom. The van der Waals surface area contributed by atoms with Crippen LogP contribution in [-0.2, 0) is 9.53 Å². The molecule has 0 N–H and O–H groups in total. The number of nitrogens with zero attached hydrogens (tertiary/aromatic N) is 2. The van der Waals surface area contributed by atoms with Crippen molar-refractivity contribution in [2.45, 2.75) is 64.5 Å². The van der Waals surface area contributed by atoms with Crippen LogP contribution in [0.5, 0.6) is 0 Å². The second-order valence-electron chi connectivity index (χ2n) is 8.93. The fourth-order valence-corrected chi connectivity index (χ4v) is 4.20. The molecule has 3 rings (SSSR count). The highest BCUT2D eigenvalue weighted by atomic mass is 19.1. The maximum atomic E-state index is 14.3. The molecule has 1 fully saturated rings. The molecule has 1 aromatic rings. The number of carbonyl (C=O) groups excluding carboxylic acids is 1. The number of nitro groups is 1. The van der Waals surface area contributed by atoms with Gasteiger partial charge < -0.3 is 4.74 Å². The Balaban J connectivity index is 1.55. The van der Waals surface area contributed by atoms with Gasteiger partial charge in [-0.1, -0.05) is 6.08 Å². The Morgan fingerprint density at radius 3 is 2.45 bits per heavy atom. The molecule has 1 aromatic carbocycles. The van der Waals surface area contributed by atoms with Gasteiger partial charge in [0.2, 0.25) is 0 Å². The number of esters is 1. The van der Waals surface area contributed by atoms with Crippen molar-refractivity contribution in [3.63, 3.8) is 0 Å². The predicted octanol–water partition coefficient (Wildman–Crippen LogP) is 4.72. The summed E-state index contributed by atoms with van der Waals surface area (Å²) in [4.78, 5) is 24.9. The van der Waals surface area contributed by atoms with Crippen LogP contribution in [0.3, 0.4) is 0 Å². The first-order valence-corrected chi connectivity index (χ1v) is 10.2. The number of ether oxygens (including phenoxy) is 1. The molecule has 0 radical (unpaired) electrons. The minimum atomic E-state index is -0.586. The summed E-state index contributed by atoms with van der Waals surface area (Å²) in [5, 5.41) is 10.8. The average Bonchev–Trinajstić information content (AvgIpc) is 2.67. The molecule has 0 saturated heterocycles. The van der Waals surface area contributed by atoms with Crippen LogP contribution < -0.4 is 0 Å². The summed E-state index contributed by atoms with van der Waals surface area (Å²) in [6.07, 6.45) is 6.32. The van der Waals surface area contributed by atoms with Crippen LogP contribution in [0.1, 0.15) is 58.4 Å². The van der Waals surface area contributed by atoms with Gasteiger partial charge in [0.15, 0.2) is 0 Å². The highest BCUT2D eigenvalue weighted by molar-refractivity contribution is 5.73. The SMILES string of the molecule is CC(C)(C)OC(=O)C1CCC(N2CC=C(c3ccc([N+](=O)[O-])cc3F)CC2)CC1. The molecule has 1 aliphatic carbocycles. The molecule has 158 valence electrons. The largest absolute Gasteiger partial charge is 0.460 e. The van der Waals surface area contributed by atoms with E-state index < -0.39 is 16.3 Å². The number of carbonyl (C=O) groups is 1. The quantitative estimate of drug-likeness (QED) is 0.412. The lowest BCUT2D eigenvalue weighted by molar-refractivity contribution is -0.385. The predicted molar refractivity (Wildman–Crippen MR) is 109 cm³/mol. The lowest BCUT2D eigenvalue weighted by Crippen LogP contribution is -2.42. The van der Waals surface area contributed by atoms with Crippen LogP contribution in [0.4, 0.5) is 10.1 Å². The Hall–Kier alpha value is -2.28. The van der Waals surface area contributed by atoms with Crippen molar-refractivity contribution in [1.82, 2.24) is 4.90 Å². The standard InChI is InChI=1S/C22H29FN2O4/c1-22(2,3)29-21(26)16-4-6-17(7-5-16)24-12-10-15(11-13-24)19-9-8-18(25(27)28)14-20(19)23/h8-10,14,16-17H,4-7,11-13H2,1-3H3. The number of rotatable bonds is 4. The van der Waals surface area contributed by atoms with E-state index in [2.05, 4.69) is 4.90 Å².